The number of hydrogen-bond acceptors (Lipinski definition) is 4. The first-order chi connectivity index (χ1) is 3.56. The molecule has 0 saturated carbocycles. The zero-order valence-electron chi connectivity index (χ0n) is 3.94. The van der Waals surface area contributed by atoms with Crippen molar-refractivity contribution in [1.82, 2.24) is 0 Å². The third kappa shape index (κ3) is 11.8. The van der Waals surface area contributed by atoms with Crippen LogP contribution in [0.2, 0.25) is 0 Å². The molecule has 0 aliphatic rings. The molecule has 0 spiro atoms. The summed E-state index contributed by atoms with van der Waals surface area (Å²) in [7, 11) is -4.35. The molecule has 0 aliphatic carbocycles. The van der Waals surface area contributed by atoms with E-state index in [9.17, 15) is 8.42 Å². The van der Waals surface area contributed by atoms with Gasteiger partial charge < -0.3 is 5.11 Å². The van der Waals surface area contributed by atoms with E-state index in [4.69, 9.17) is 9.66 Å². The Morgan fingerprint density at radius 3 is 2.00 bits per heavy atom. The van der Waals surface area contributed by atoms with E-state index in [1.54, 1.807) is 0 Å². The van der Waals surface area contributed by atoms with E-state index in [1.807, 2.05) is 0 Å². The van der Waals surface area contributed by atoms with Gasteiger partial charge in [0.25, 0.3) is 0 Å². The van der Waals surface area contributed by atoms with Crippen LogP contribution in [0.3, 0.4) is 0 Å². The molecule has 0 amide bonds. The summed E-state index contributed by atoms with van der Waals surface area (Å²) in [5.74, 6) is 0. The van der Waals surface area contributed by atoms with Crippen LogP contribution in [0, 0.1) is 0 Å². The monoisotopic (exact) mass is 150 g/mol. The van der Waals surface area contributed by atoms with Crippen LogP contribution < -0.4 is 0 Å². The summed E-state index contributed by atoms with van der Waals surface area (Å²) in [6.45, 7) is -0.835. The molecule has 2 N–H and O–H groups in total. The van der Waals surface area contributed by atoms with E-state index in [0.717, 1.165) is 0 Å². The molecule has 0 aliphatic heterocycles. The van der Waals surface area contributed by atoms with Crippen LogP contribution in [0.5, 0.6) is 0 Å². The third-order valence-electron chi connectivity index (χ3n) is 0.324. The van der Waals surface area contributed by atoms with Gasteiger partial charge in [-0.1, -0.05) is 0 Å². The van der Waals surface area contributed by atoms with E-state index in [-0.39, 0.29) is 18.9 Å². The molecular weight excluding hydrogens is 143 g/mol. The fourth-order valence-electron chi connectivity index (χ4n) is 0.143. The predicted molar refractivity (Wildman–Crippen MR) is 31.7 cm³/mol. The summed E-state index contributed by atoms with van der Waals surface area (Å²) in [5, 5.41) is 7.93. The molecule has 0 heterocycles. The Kier molecular flexibility index (Phi) is 7.05. The second-order valence-corrected chi connectivity index (χ2v) is 2.06. The molecule has 0 fully saturated rings. The predicted octanol–water partition coefficient (Wildman–Crippen LogP) is -1.85. The van der Waals surface area contributed by atoms with E-state index in [0.29, 0.717) is 0 Å². The van der Waals surface area contributed by atoms with Crippen LogP contribution in [-0.2, 0) is 14.6 Å². The van der Waals surface area contributed by atoms with Gasteiger partial charge in [0.15, 0.2) is 0 Å². The number of aliphatic hydroxyl groups is 1. The van der Waals surface area contributed by atoms with Gasteiger partial charge in [-0.25, -0.2) is 4.18 Å². The van der Waals surface area contributed by atoms with Gasteiger partial charge in [-0.15, -0.1) is 0 Å². The first kappa shape index (κ1) is 12.1. The first-order valence-electron chi connectivity index (χ1n) is 1.79. The summed E-state index contributed by atoms with van der Waals surface area (Å²) in [6, 6.07) is 0. The van der Waals surface area contributed by atoms with Crippen molar-refractivity contribution in [3.8, 4) is 0 Å². The number of hydrogen-bond donors (Lipinski definition) is 2. The maximum absolute atomic E-state index is 9.61. The second kappa shape index (κ2) is 5.23. The van der Waals surface area contributed by atoms with Crippen molar-refractivity contribution in [2.24, 2.45) is 0 Å². The SMILES string of the molecule is O=S(=O)(O)OCCO.[LiH]. The van der Waals surface area contributed by atoms with Crippen molar-refractivity contribution < 1.29 is 22.3 Å². The Bertz CT molecular complexity index is 139. The Balaban J connectivity index is 0. The van der Waals surface area contributed by atoms with Gasteiger partial charge in [0.1, 0.15) is 0 Å². The van der Waals surface area contributed by atoms with Crippen molar-refractivity contribution >= 4 is 29.3 Å². The van der Waals surface area contributed by atoms with Gasteiger partial charge in [0.05, 0.1) is 13.2 Å². The topological polar surface area (TPSA) is 83.8 Å². The molecule has 0 atom stereocenters. The molecule has 0 aromatic carbocycles. The average Bonchev–Trinajstić information content (AvgIpc) is 1.59. The number of aliphatic hydroxyl groups excluding tert-OH is 1. The Labute approximate surface area is 65.1 Å². The van der Waals surface area contributed by atoms with E-state index >= 15 is 0 Å². The molecule has 0 radical (unpaired) electrons. The minimum absolute atomic E-state index is 0. The van der Waals surface area contributed by atoms with Crippen LogP contribution in [0.25, 0.3) is 0 Å². The van der Waals surface area contributed by atoms with E-state index < -0.39 is 23.6 Å². The Morgan fingerprint density at radius 1 is 1.44 bits per heavy atom. The van der Waals surface area contributed by atoms with Crippen LogP contribution >= 0.6 is 0 Å². The van der Waals surface area contributed by atoms with Crippen molar-refractivity contribution in [2.45, 2.75) is 0 Å². The van der Waals surface area contributed by atoms with Crippen LogP contribution in [0.4, 0.5) is 0 Å². The minimum atomic E-state index is -4.35. The second-order valence-electron chi connectivity index (χ2n) is 0.973. The molecule has 9 heavy (non-hydrogen) atoms. The summed E-state index contributed by atoms with van der Waals surface area (Å²) >= 11 is 0. The standard InChI is InChI=1S/C2H6O5S.Li.H/c3-1-2-7-8(4,5)6;;/h3H,1-2H2,(H,4,5,6);;. The van der Waals surface area contributed by atoms with Crippen LogP contribution in [-0.4, -0.2) is 50.2 Å². The molecule has 0 aromatic heterocycles. The average molecular weight is 150 g/mol. The van der Waals surface area contributed by atoms with Gasteiger partial charge in [0, 0.05) is 0 Å². The summed E-state index contributed by atoms with van der Waals surface area (Å²) in [6.07, 6.45) is 0. The molecule has 0 bridgehead atoms. The molecule has 52 valence electrons. The zero-order valence-corrected chi connectivity index (χ0v) is 4.76. The summed E-state index contributed by atoms with van der Waals surface area (Å²) in [4.78, 5) is 0. The first-order valence-corrected chi connectivity index (χ1v) is 3.15. The van der Waals surface area contributed by atoms with E-state index in [2.05, 4.69) is 4.18 Å². The normalized spacial score (nSPS) is 10.4. The van der Waals surface area contributed by atoms with Gasteiger partial charge >= 0.3 is 29.3 Å². The quantitative estimate of drug-likeness (QED) is 0.364. The van der Waals surface area contributed by atoms with Crippen molar-refractivity contribution in [3.05, 3.63) is 0 Å². The maximum atomic E-state index is 9.61. The Hall–Kier alpha value is 0.427. The zero-order chi connectivity index (χ0) is 6.62. The molecular formula is C2H7LiO5S. The molecule has 0 unspecified atom stereocenters. The molecule has 7 heteroatoms. The molecule has 0 aromatic rings. The Morgan fingerprint density at radius 2 is 1.89 bits per heavy atom. The van der Waals surface area contributed by atoms with Crippen molar-refractivity contribution in [1.29, 1.82) is 0 Å². The fraction of sp³-hybridized carbons (Fsp3) is 1.00. The summed E-state index contributed by atoms with van der Waals surface area (Å²) < 4.78 is 30.7. The molecule has 5 nitrogen and oxygen atoms in total. The van der Waals surface area contributed by atoms with Crippen molar-refractivity contribution in [2.75, 3.05) is 13.2 Å². The number of rotatable bonds is 3. The van der Waals surface area contributed by atoms with Crippen LogP contribution in [0.15, 0.2) is 0 Å². The van der Waals surface area contributed by atoms with Gasteiger partial charge in [-0.05, 0) is 0 Å². The summed E-state index contributed by atoms with van der Waals surface area (Å²) in [5.41, 5.74) is 0. The fourth-order valence-corrected chi connectivity index (χ4v) is 0.428. The van der Waals surface area contributed by atoms with Crippen LogP contribution in [0.1, 0.15) is 0 Å². The van der Waals surface area contributed by atoms with Gasteiger partial charge in [-0.3, -0.25) is 4.55 Å². The molecule has 0 saturated heterocycles. The van der Waals surface area contributed by atoms with E-state index in [1.165, 1.54) is 0 Å². The van der Waals surface area contributed by atoms with Gasteiger partial charge in [0.2, 0.25) is 0 Å². The van der Waals surface area contributed by atoms with Gasteiger partial charge in [-0.2, -0.15) is 8.42 Å². The third-order valence-corrected chi connectivity index (χ3v) is 0.788. The van der Waals surface area contributed by atoms with Crippen molar-refractivity contribution in [3.63, 3.8) is 0 Å². The molecule has 0 rings (SSSR count).